The molecular formula is C10H9N5O4-2. The summed E-state index contributed by atoms with van der Waals surface area (Å²) in [5.74, 6) is -4.17. The van der Waals surface area contributed by atoms with Gasteiger partial charge in [0.2, 0.25) is 5.95 Å². The summed E-state index contributed by atoms with van der Waals surface area (Å²) in [5.41, 5.74) is 6.19. The molecule has 0 amide bonds. The highest BCUT2D eigenvalue weighted by molar-refractivity contribution is 5.76. The molecule has 0 aliphatic heterocycles. The van der Waals surface area contributed by atoms with Crippen LogP contribution in [0.15, 0.2) is 12.5 Å². The van der Waals surface area contributed by atoms with Gasteiger partial charge in [-0.3, -0.25) is 0 Å². The average molecular weight is 263 g/mol. The summed E-state index contributed by atoms with van der Waals surface area (Å²) in [7, 11) is 0. The van der Waals surface area contributed by atoms with E-state index < -0.39 is 24.3 Å². The number of carbonyl (C=O) groups is 2. The standard InChI is InChI=1S/C10H11N5O4/c11-10-12-2-6-8(14-10)15(4-13-6)3-5(9(18)19)1-7(16)17/h2,4-5H,1,3H2,(H,16,17)(H,18,19)(H2,11,12,14)/p-2. The highest BCUT2D eigenvalue weighted by Crippen LogP contribution is 2.13. The van der Waals surface area contributed by atoms with Crippen molar-refractivity contribution in [3.8, 4) is 0 Å². The number of nitrogens with zero attached hydrogens (tertiary/aromatic N) is 4. The fourth-order valence-corrected chi connectivity index (χ4v) is 1.66. The Hall–Kier alpha value is -2.71. The SMILES string of the molecule is Nc1ncc2ncn(CC(CC(=O)[O-])C(=O)[O-])c2n1. The lowest BCUT2D eigenvalue weighted by Gasteiger charge is -2.19. The molecule has 2 rings (SSSR count). The van der Waals surface area contributed by atoms with Gasteiger partial charge in [-0.25, -0.2) is 9.97 Å². The molecule has 0 saturated carbocycles. The topological polar surface area (TPSA) is 150 Å². The Kier molecular flexibility index (Phi) is 3.27. The van der Waals surface area contributed by atoms with Crippen molar-refractivity contribution in [2.24, 2.45) is 5.92 Å². The van der Waals surface area contributed by atoms with Crippen LogP contribution in [0.2, 0.25) is 0 Å². The lowest BCUT2D eigenvalue weighted by Crippen LogP contribution is -2.38. The zero-order chi connectivity index (χ0) is 14.0. The maximum atomic E-state index is 10.9. The van der Waals surface area contributed by atoms with Crippen molar-refractivity contribution in [3.05, 3.63) is 12.5 Å². The Labute approximate surface area is 106 Å². The number of rotatable bonds is 5. The highest BCUT2D eigenvalue weighted by atomic mass is 16.4. The third-order valence-electron chi connectivity index (χ3n) is 2.54. The number of fused-ring (bicyclic) bond motifs is 1. The van der Waals surface area contributed by atoms with Crippen molar-refractivity contribution >= 4 is 29.1 Å². The molecule has 2 aromatic heterocycles. The van der Waals surface area contributed by atoms with E-state index in [-0.39, 0.29) is 12.5 Å². The number of aromatic nitrogens is 4. The molecule has 0 bridgehead atoms. The fourth-order valence-electron chi connectivity index (χ4n) is 1.66. The largest absolute Gasteiger partial charge is 0.550 e. The van der Waals surface area contributed by atoms with Crippen molar-refractivity contribution in [1.82, 2.24) is 19.5 Å². The van der Waals surface area contributed by atoms with E-state index in [1.165, 1.54) is 17.1 Å². The van der Waals surface area contributed by atoms with Crippen LogP contribution in [0.25, 0.3) is 11.2 Å². The van der Waals surface area contributed by atoms with E-state index in [0.717, 1.165) is 0 Å². The van der Waals surface area contributed by atoms with Gasteiger partial charge in [-0.1, -0.05) is 0 Å². The molecule has 100 valence electrons. The predicted octanol–water partition coefficient (Wildman–Crippen LogP) is -3.09. The van der Waals surface area contributed by atoms with Gasteiger partial charge in [0.15, 0.2) is 5.65 Å². The molecule has 0 radical (unpaired) electrons. The van der Waals surface area contributed by atoms with Crippen LogP contribution >= 0.6 is 0 Å². The lowest BCUT2D eigenvalue weighted by atomic mass is 10.1. The summed E-state index contributed by atoms with van der Waals surface area (Å²) in [5, 5.41) is 21.4. The number of nitrogen functional groups attached to an aromatic ring is 1. The summed E-state index contributed by atoms with van der Waals surface area (Å²) in [6.45, 7) is -0.150. The molecule has 9 heteroatoms. The first-order valence-electron chi connectivity index (χ1n) is 5.31. The van der Waals surface area contributed by atoms with Crippen molar-refractivity contribution in [3.63, 3.8) is 0 Å². The molecule has 1 unspecified atom stereocenters. The number of hydrogen-bond donors (Lipinski definition) is 1. The van der Waals surface area contributed by atoms with E-state index in [0.29, 0.717) is 11.2 Å². The fraction of sp³-hybridized carbons (Fsp3) is 0.300. The zero-order valence-corrected chi connectivity index (χ0v) is 9.65. The van der Waals surface area contributed by atoms with Gasteiger partial charge in [0.25, 0.3) is 0 Å². The third kappa shape index (κ3) is 2.76. The molecule has 0 aliphatic rings. The molecule has 9 nitrogen and oxygen atoms in total. The molecule has 0 spiro atoms. The van der Waals surface area contributed by atoms with Crippen molar-refractivity contribution in [2.45, 2.75) is 13.0 Å². The van der Waals surface area contributed by atoms with E-state index >= 15 is 0 Å². The second kappa shape index (κ2) is 4.88. The van der Waals surface area contributed by atoms with Crippen LogP contribution in [0.1, 0.15) is 6.42 Å². The molecule has 2 N–H and O–H groups in total. The minimum atomic E-state index is -1.48. The zero-order valence-electron chi connectivity index (χ0n) is 9.65. The maximum Gasteiger partial charge on any atom is 0.222 e. The van der Waals surface area contributed by atoms with Crippen LogP contribution < -0.4 is 15.9 Å². The maximum absolute atomic E-state index is 10.9. The molecule has 0 fully saturated rings. The van der Waals surface area contributed by atoms with E-state index in [9.17, 15) is 19.8 Å². The molecular weight excluding hydrogens is 254 g/mol. The summed E-state index contributed by atoms with van der Waals surface area (Å²) < 4.78 is 1.39. The minimum absolute atomic E-state index is 0.0131. The van der Waals surface area contributed by atoms with Gasteiger partial charge in [-0.05, 0) is 6.42 Å². The number of nitrogens with two attached hydrogens (primary N) is 1. The van der Waals surface area contributed by atoms with Gasteiger partial charge in [0, 0.05) is 24.4 Å². The van der Waals surface area contributed by atoms with Crippen LogP contribution in [0.5, 0.6) is 0 Å². The molecule has 0 aromatic carbocycles. The Balaban J connectivity index is 2.31. The number of hydrogen-bond acceptors (Lipinski definition) is 8. The Morgan fingerprint density at radius 3 is 2.74 bits per heavy atom. The molecule has 1 atom stereocenters. The van der Waals surface area contributed by atoms with Gasteiger partial charge >= 0.3 is 0 Å². The van der Waals surface area contributed by atoms with Crippen molar-refractivity contribution in [1.29, 1.82) is 0 Å². The lowest BCUT2D eigenvalue weighted by molar-refractivity contribution is -0.321. The van der Waals surface area contributed by atoms with Gasteiger partial charge in [-0.2, -0.15) is 4.98 Å². The summed E-state index contributed by atoms with van der Waals surface area (Å²) >= 11 is 0. The van der Waals surface area contributed by atoms with Gasteiger partial charge in [0.05, 0.1) is 12.5 Å². The van der Waals surface area contributed by atoms with E-state index in [4.69, 9.17) is 5.73 Å². The first kappa shape index (κ1) is 12.7. The highest BCUT2D eigenvalue weighted by Gasteiger charge is 2.14. The first-order valence-corrected chi connectivity index (χ1v) is 5.31. The van der Waals surface area contributed by atoms with E-state index in [1.54, 1.807) is 0 Å². The van der Waals surface area contributed by atoms with Gasteiger partial charge in [-0.15, -0.1) is 0 Å². The summed E-state index contributed by atoms with van der Waals surface area (Å²) in [6.07, 6.45) is 2.08. The molecule has 0 saturated heterocycles. The number of carboxylic acids is 2. The number of anilines is 1. The molecule has 19 heavy (non-hydrogen) atoms. The summed E-state index contributed by atoms with van der Waals surface area (Å²) in [6, 6.07) is 0. The number of aliphatic carboxylic acids is 2. The van der Waals surface area contributed by atoms with Crippen LogP contribution in [0, 0.1) is 5.92 Å². The van der Waals surface area contributed by atoms with Crippen LogP contribution in [-0.4, -0.2) is 31.5 Å². The molecule has 2 aromatic rings. The average Bonchev–Trinajstić information content (AvgIpc) is 2.70. The van der Waals surface area contributed by atoms with Crippen LogP contribution in [0.4, 0.5) is 5.95 Å². The van der Waals surface area contributed by atoms with Crippen LogP contribution in [0.3, 0.4) is 0 Å². The Morgan fingerprint density at radius 2 is 2.11 bits per heavy atom. The van der Waals surface area contributed by atoms with Crippen molar-refractivity contribution < 1.29 is 19.8 Å². The minimum Gasteiger partial charge on any atom is -0.550 e. The molecule has 2 heterocycles. The monoisotopic (exact) mass is 263 g/mol. The van der Waals surface area contributed by atoms with Crippen molar-refractivity contribution in [2.75, 3.05) is 5.73 Å². The summed E-state index contributed by atoms with van der Waals surface area (Å²) in [4.78, 5) is 33.0. The smallest absolute Gasteiger partial charge is 0.222 e. The van der Waals surface area contributed by atoms with Gasteiger partial charge in [0.1, 0.15) is 5.52 Å². The Bertz CT molecular complexity index is 638. The third-order valence-corrected chi connectivity index (χ3v) is 2.54. The second-order valence-electron chi connectivity index (χ2n) is 3.93. The number of carbonyl (C=O) groups excluding carboxylic acids is 2. The number of carboxylic acid groups (broad SMARTS) is 2. The van der Waals surface area contributed by atoms with Crippen LogP contribution in [-0.2, 0) is 16.1 Å². The second-order valence-corrected chi connectivity index (χ2v) is 3.93. The Morgan fingerprint density at radius 1 is 1.37 bits per heavy atom. The van der Waals surface area contributed by atoms with E-state index in [1.807, 2.05) is 0 Å². The normalized spacial score (nSPS) is 12.4. The number of imidazole rings is 1. The quantitative estimate of drug-likeness (QED) is 0.596. The van der Waals surface area contributed by atoms with E-state index in [2.05, 4.69) is 15.0 Å². The van der Waals surface area contributed by atoms with Gasteiger partial charge < -0.3 is 30.1 Å². The predicted molar refractivity (Wildman–Crippen MR) is 57.9 cm³/mol. The molecule has 0 aliphatic carbocycles. The first-order chi connectivity index (χ1) is 8.97.